The maximum atomic E-state index is 15.8. The molecule has 3 aromatic heterocycles. The molecule has 5 heterocycles. The second-order valence-corrected chi connectivity index (χ2v) is 35.2. The van der Waals surface area contributed by atoms with E-state index in [1.165, 1.54) is 53.7 Å². The number of amides is 16. The highest BCUT2D eigenvalue weighted by Crippen LogP contribution is 2.28. The third-order valence-corrected chi connectivity index (χ3v) is 24.6. The molecule has 41 nitrogen and oxygen atoms in total. The molecule has 0 radical (unpaired) electrons. The minimum atomic E-state index is -1.83. The number of Topliss-reactive ketones (excluding diaryl/α,β-unsaturated/α-hetero) is 1. The second kappa shape index (κ2) is 51.9. The number of guanidine groups is 1. The molecule has 0 spiro atoms. The monoisotopic (exact) mass is 1870 g/mol. The number of H-pyrrole nitrogens is 3. The van der Waals surface area contributed by atoms with Crippen LogP contribution in [0.1, 0.15) is 127 Å². The Kier molecular flexibility index (Phi) is 40.9. The van der Waals surface area contributed by atoms with E-state index in [4.69, 9.17) is 22.6 Å². The number of aliphatic hydroxyl groups is 1. The topological polar surface area (TPSA) is 609 Å². The molecule has 134 heavy (non-hydrogen) atoms. The number of fused-ring (bicyclic) bond motifs is 3. The van der Waals surface area contributed by atoms with Crippen molar-refractivity contribution < 1.29 is 86.6 Å². The molecule has 13 atom stereocenters. The molecule has 6 aromatic rings. The highest BCUT2D eigenvalue weighted by atomic mass is 32.2. The van der Waals surface area contributed by atoms with E-state index in [1.54, 1.807) is 111 Å². The van der Waals surface area contributed by atoms with E-state index in [1.807, 2.05) is 0 Å². The number of hydrogen-bond donors (Lipinski definition) is 18. The van der Waals surface area contributed by atoms with Gasteiger partial charge in [-0.25, -0.2) is 4.98 Å². The number of allylic oxidation sites excluding steroid dienone is 2. The molecule has 2 saturated heterocycles. The summed E-state index contributed by atoms with van der Waals surface area (Å²) in [6.07, 6.45) is 8.19. The first-order chi connectivity index (χ1) is 63.9. The highest BCUT2D eigenvalue weighted by Gasteiger charge is 2.44. The van der Waals surface area contributed by atoms with Gasteiger partial charge < -0.3 is 115 Å². The first kappa shape index (κ1) is 106. The molecule has 0 bridgehead atoms. The minimum absolute atomic E-state index is 0.0101. The summed E-state index contributed by atoms with van der Waals surface area (Å²) in [4.78, 5) is 268. The predicted molar refractivity (Wildman–Crippen MR) is 500 cm³/mol. The van der Waals surface area contributed by atoms with Crippen LogP contribution in [0, 0.1) is 17.2 Å². The number of rotatable bonds is 28. The van der Waals surface area contributed by atoms with Gasteiger partial charge in [-0.1, -0.05) is 99.2 Å². The summed E-state index contributed by atoms with van der Waals surface area (Å²) in [5.74, 6) is -18.2. The average Bonchev–Trinajstić information content (AvgIpc) is 1.38. The Balaban J connectivity index is 1.19. The van der Waals surface area contributed by atoms with Crippen molar-refractivity contribution in [2.45, 2.75) is 202 Å². The summed E-state index contributed by atoms with van der Waals surface area (Å²) >= 11 is 0.786. The summed E-state index contributed by atoms with van der Waals surface area (Å²) < 4.78 is 0. The van der Waals surface area contributed by atoms with Crippen LogP contribution in [0.4, 0.5) is 0 Å². The van der Waals surface area contributed by atoms with Crippen LogP contribution in [0.2, 0.25) is 0 Å². The van der Waals surface area contributed by atoms with Crippen LogP contribution in [-0.2, 0) is 107 Å². The number of para-hydroxylation sites is 2. The number of likely N-dealkylation sites (N-methyl/N-ethyl adjacent to an activating group) is 4. The largest absolute Gasteiger partial charge is 0.394 e. The van der Waals surface area contributed by atoms with E-state index in [9.17, 15) is 62.6 Å². The number of unbranched alkanes of at least 4 members (excludes halogenated alkanes) is 2. The number of aromatic amines is 3. The number of carbonyl (C=O) groups excluding carboxylic acids is 17. The number of aromatic nitrogens is 4. The number of thioether (sulfide) groups is 1. The molecule has 2 aliphatic heterocycles. The first-order valence-electron chi connectivity index (χ1n) is 44.6. The van der Waals surface area contributed by atoms with Gasteiger partial charge in [-0.15, -0.1) is 24.9 Å². The van der Waals surface area contributed by atoms with Crippen molar-refractivity contribution in [3.63, 3.8) is 0 Å². The van der Waals surface area contributed by atoms with E-state index in [0.717, 1.165) is 36.3 Å². The molecule has 2 fully saturated rings. The molecule has 2 aliphatic rings. The van der Waals surface area contributed by atoms with E-state index >= 15 is 24.0 Å². The van der Waals surface area contributed by atoms with Gasteiger partial charge in [-0.3, -0.25) is 86.9 Å². The first-order valence-corrected chi connectivity index (χ1v) is 45.8. The minimum Gasteiger partial charge on any atom is -0.394 e. The number of ketones is 1. The Hall–Kier alpha value is -13.8. The normalized spacial score (nSPS) is 23.3. The van der Waals surface area contributed by atoms with Crippen molar-refractivity contribution in [2.24, 2.45) is 29.0 Å². The number of nitrogens with zero attached hydrogens (tertiary/aromatic N) is 6. The Morgan fingerprint density at radius 2 is 1.16 bits per heavy atom. The molecular weight excluding hydrogens is 1750 g/mol. The number of hydrogen-bond acceptors (Lipinski definition) is 21. The summed E-state index contributed by atoms with van der Waals surface area (Å²) in [6, 6.07) is 4.37. The maximum Gasteiger partial charge on any atom is 0.246 e. The molecule has 0 unspecified atom stereocenters. The lowest BCUT2D eigenvalue weighted by Gasteiger charge is -2.36. The zero-order valence-electron chi connectivity index (χ0n) is 76.6. The third kappa shape index (κ3) is 30.9. The van der Waals surface area contributed by atoms with Gasteiger partial charge in [0.05, 0.1) is 38.2 Å². The number of nitrogens with two attached hydrogens (primary N) is 3. The van der Waals surface area contributed by atoms with Crippen molar-refractivity contribution >= 4 is 140 Å². The van der Waals surface area contributed by atoms with E-state index in [0.29, 0.717) is 63.5 Å². The fourth-order valence-electron chi connectivity index (χ4n) is 16.2. The number of nitrogens with one attached hydrogen (secondary N) is 14. The van der Waals surface area contributed by atoms with Crippen molar-refractivity contribution in [3.05, 3.63) is 151 Å². The SMILES string of the molecule is C=CCCCC[C@H]1C(=O)N(C)[C@@H](CCC=C)C(=O)N[C@@H](CCCNC(=N)N)C(=O)N[C@H](C(=O)NCC(N)=O)CSCC(=O)N[C@@H](Cc2ccccc2)C(=O)N(C)[C@@H](C)C(=O)N[C@@H](CC(N)=O)C(=O)N2CCC[C@H]2C(=O)N[C@@H](Cc2cnc[nH]2)C(=O)N[C@@H](CC(C)C)C(=O)N(C)CC(=O)C[C@@H](Cc2c[nH]c3ccccc23)C(=O)N[C@@H](CO)C(=O)N[C@@H](Cc2c[nH]c3ccccc23)C(=O)N1C. The van der Waals surface area contributed by atoms with Crippen LogP contribution < -0.4 is 70.4 Å². The highest BCUT2D eigenvalue weighted by molar-refractivity contribution is 8.00. The quantitative estimate of drug-likeness (QED) is 0.0125. The number of imidazole rings is 1. The van der Waals surface area contributed by atoms with Crippen LogP contribution in [0.5, 0.6) is 0 Å². The van der Waals surface area contributed by atoms with Gasteiger partial charge in [0.1, 0.15) is 72.5 Å². The Bertz CT molecular complexity index is 5160. The molecule has 21 N–H and O–H groups in total. The standard InChI is InChI=1S/C92H127N23O18S/c1-10-12-14-18-33-75-91(133)113(8)73(32-13-11-2)85(127)104-65(31-23-35-98-92(95)96)82(124)110-72(81(123)101-47-77(94)119)50-134-51-78(120)103-68(38-55-25-16-15-17-26-55)88(130)112(7)54(5)79(121)106-70(43-76(93)118)90(132)115-36-24-34-74(115)86(128)105-66(42-59-46-97-52-102-59)83(125)107-67(37-53(3)4)87(129)111(6)48-60(117)40-56(39-57-44-99-63-29-21-19-27-61(57)63)80(122)109-71(49-116)84(126)108-69(89(131)114(75)9)41-58-45-100-64-30-22-20-28-62(58)64/h10-11,15-17,19-22,25-30,44-46,52-54,56,65-75,99-100,116H,1-2,12-14,18,23-24,31-43,47-51H2,3-9H3,(H2,93,118)(H2,94,119)(H,97,102)(H,101,123)(H,103,120)(H,104,127)(H,105,128)(H,106,121)(H,107,125)(H,108,126)(H,109,122)(H,110,124)(H4,95,96,98)/t54-,56+,65-,66-,67-,68-,69-,70-,71-,72-,73-,74-,75-/m0/s1. The van der Waals surface area contributed by atoms with Crippen molar-refractivity contribution in [1.82, 2.24) is 97.6 Å². The number of carbonyl (C=O) groups is 17. The van der Waals surface area contributed by atoms with Crippen molar-refractivity contribution in [3.8, 4) is 0 Å². The van der Waals surface area contributed by atoms with Gasteiger partial charge in [0, 0.05) is 125 Å². The fraction of sp³-hybridized carbons (Fsp3) is 0.489. The summed E-state index contributed by atoms with van der Waals surface area (Å²) in [7, 11) is 5.24. The number of primary amides is 2. The second-order valence-electron chi connectivity index (χ2n) is 34.1. The maximum absolute atomic E-state index is 15.8. The average molecular weight is 1880 g/mol. The Morgan fingerprint density at radius 1 is 0.575 bits per heavy atom. The van der Waals surface area contributed by atoms with Crippen LogP contribution in [0.25, 0.3) is 21.8 Å². The molecular formula is C92H127N23O18S. The molecule has 16 amide bonds. The number of aliphatic hydroxyl groups excluding tert-OH is 1. The van der Waals surface area contributed by atoms with Gasteiger partial charge in [0.15, 0.2) is 11.7 Å². The molecule has 724 valence electrons. The van der Waals surface area contributed by atoms with Gasteiger partial charge in [0.2, 0.25) is 94.5 Å². The van der Waals surface area contributed by atoms with Crippen LogP contribution in [0.3, 0.4) is 0 Å². The molecule has 3 aromatic carbocycles. The summed E-state index contributed by atoms with van der Waals surface area (Å²) in [5, 5.41) is 46.9. The van der Waals surface area contributed by atoms with Gasteiger partial charge in [0.25, 0.3) is 0 Å². The van der Waals surface area contributed by atoms with Crippen LogP contribution in [0.15, 0.2) is 129 Å². The van der Waals surface area contributed by atoms with E-state index < -0.39 is 229 Å². The smallest absolute Gasteiger partial charge is 0.246 e. The van der Waals surface area contributed by atoms with Crippen molar-refractivity contribution in [1.29, 1.82) is 5.41 Å². The predicted octanol–water partition coefficient (Wildman–Crippen LogP) is -0.715. The third-order valence-electron chi connectivity index (χ3n) is 23.5. The zero-order chi connectivity index (χ0) is 98.0. The van der Waals surface area contributed by atoms with Gasteiger partial charge in [-0.05, 0) is 112 Å². The summed E-state index contributed by atoms with van der Waals surface area (Å²) in [5.41, 5.74) is 20.1. The fourth-order valence-corrected chi connectivity index (χ4v) is 17.0. The number of benzene rings is 3. The van der Waals surface area contributed by atoms with E-state index in [2.05, 4.69) is 86.3 Å². The zero-order valence-corrected chi connectivity index (χ0v) is 77.5. The van der Waals surface area contributed by atoms with Crippen molar-refractivity contribution in [2.75, 3.05) is 72.5 Å². The molecule has 0 saturated carbocycles. The lowest BCUT2D eigenvalue weighted by molar-refractivity contribution is -0.149. The van der Waals surface area contributed by atoms with Gasteiger partial charge >= 0.3 is 0 Å². The Labute approximate surface area is 781 Å². The van der Waals surface area contributed by atoms with Gasteiger partial charge in [-0.2, -0.15) is 0 Å². The lowest BCUT2D eigenvalue weighted by Crippen LogP contribution is -2.61. The summed E-state index contributed by atoms with van der Waals surface area (Å²) in [6.45, 7) is 10.0. The molecule has 0 aliphatic carbocycles. The van der Waals surface area contributed by atoms with E-state index in [-0.39, 0.29) is 96.1 Å². The lowest BCUT2D eigenvalue weighted by atomic mass is 9.92. The van der Waals surface area contributed by atoms with Crippen LogP contribution in [-0.4, -0.2) is 301 Å². The molecule has 42 heteroatoms. The Morgan fingerprint density at radius 3 is 1.79 bits per heavy atom. The van der Waals surface area contributed by atoms with Crippen LogP contribution >= 0.6 is 11.8 Å². The molecule has 8 rings (SSSR count).